The van der Waals surface area contributed by atoms with E-state index in [9.17, 15) is 0 Å². The van der Waals surface area contributed by atoms with Gasteiger partial charge in [-0.2, -0.15) is 0 Å². The molecule has 1 aliphatic heterocycles. The first-order chi connectivity index (χ1) is 12.8. The Morgan fingerprint density at radius 1 is 1.12 bits per heavy atom. The first kappa shape index (κ1) is 17.0. The van der Waals surface area contributed by atoms with Crippen LogP contribution in [0, 0.1) is 0 Å². The summed E-state index contributed by atoms with van der Waals surface area (Å²) in [5, 5.41) is 2.41. The lowest BCUT2D eigenvalue weighted by Crippen LogP contribution is -2.39. The van der Waals surface area contributed by atoms with Crippen molar-refractivity contribution in [2.24, 2.45) is 0 Å². The number of methoxy groups -OCH3 is 1. The van der Waals surface area contributed by atoms with Gasteiger partial charge in [0.05, 0.1) is 19.8 Å². The number of aromatic nitrogens is 1. The molecule has 1 aliphatic rings. The summed E-state index contributed by atoms with van der Waals surface area (Å²) in [5.74, 6) is 0.889. The Labute approximate surface area is 154 Å². The summed E-state index contributed by atoms with van der Waals surface area (Å²) >= 11 is 0. The molecule has 0 unspecified atom stereocenters. The molecule has 26 heavy (non-hydrogen) atoms. The molecule has 0 aliphatic carbocycles. The van der Waals surface area contributed by atoms with Crippen LogP contribution in [-0.2, 0) is 11.2 Å². The summed E-state index contributed by atoms with van der Waals surface area (Å²) in [4.78, 5) is 6.89. The maximum Gasteiger partial charge on any atom is 0.119 e. The molecular formula is C22H24N2O2. The van der Waals surface area contributed by atoms with Crippen molar-refractivity contribution in [2.75, 3.05) is 33.4 Å². The normalized spacial score (nSPS) is 18.1. The number of fused-ring (bicyclic) bond motifs is 1. The lowest BCUT2D eigenvalue weighted by atomic mass is 10.0. The summed E-state index contributed by atoms with van der Waals surface area (Å²) in [6.45, 7) is 3.69. The smallest absolute Gasteiger partial charge is 0.119 e. The van der Waals surface area contributed by atoms with Gasteiger partial charge in [0.1, 0.15) is 5.75 Å². The van der Waals surface area contributed by atoms with Gasteiger partial charge in [0.15, 0.2) is 0 Å². The van der Waals surface area contributed by atoms with Crippen LogP contribution in [0.5, 0.6) is 5.75 Å². The Hall–Kier alpha value is -2.43. The minimum absolute atomic E-state index is 0.124. The van der Waals surface area contributed by atoms with Crippen LogP contribution in [0.25, 0.3) is 10.8 Å². The fourth-order valence-corrected chi connectivity index (χ4v) is 3.50. The van der Waals surface area contributed by atoms with Gasteiger partial charge in [0.25, 0.3) is 0 Å². The minimum atomic E-state index is 0.124. The van der Waals surface area contributed by atoms with E-state index in [2.05, 4.69) is 52.3 Å². The predicted octanol–water partition coefficient (Wildman–Crippen LogP) is 3.86. The fraction of sp³-hybridized carbons (Fsp3) is 0.318. The van der Waals surface area contributed by atoms with Crippen molar-refractivity contribution in [3.8, 4) is 5.75 Å². The number of hydrogen-bond donors (Lipinski definition) is 0. The largest absolute Gasteiger partial charge is 0.497 e. The van der Waals surface area contributed by atoms with Gasteiger partial charge in [-0.05, 0) is 46.7 Å². The van der Waals surface area contributed by atoms with E-state index in [1.807, 2.05) is 18.3 Å². The second-order valence-electron chi connectivity index (χ2n) is 6.70. The van der Waals surface area contributed by atoms with Gasteiger partial charge in [-0.3, -0.25) is 9.88 Å². The van der Waals surface area contributed by atoms with Crippen LogP contribution >= 0.6 is 0 Å². The van der Waals surface area contributed by atoms with Crippen molar-refractivity contribution in [1.82, 2.24) is 9.88 Å². The van der Waals surface area contributed by atoms with Crippen molar-refractivity contribution in [3.63, 3.8) is 0 Å². The number of morpholine rings is 1. The molecule has 0 saturated carbocycles. The molecule has 0 spiro atoms. The highest BCUT2D eigenvalue weighted by Gasteiger charge is 2.22. The average molecular weight is 348 g/mol. The number of pyridine rings is 1. The maximum atomic E-state index is 6.06. The lowest BCUT2D eigenvalue weighted by molar-refractivity contribution is -0.0295. The molecule has 4 heteroatoms. The predicted molar refractivity (Wildman–Crippen MR) is 104 cm³/mol. The van der Waals surface area contributed by atoms with Gasteiger partial charge in [0.2, 0.25) is 0 Å². The SMILES string of the molecule is COc1ccc2cc([C@H]3CN(CCc4ccccn4)CCO3)ccc2c1. The van der Waals surface area contributed by atoms with Crippen molar-refractivity contribution in [2.45, 2.75) is 12.5 Å². The number of hydrogen-bond acceptors (Lipinski definition) is 4. The molecule has 1 aromatic heterocycles. The zero-order chi connectivity index (χ0) is 17.8. The molecule has 0 bridgehead atoms. The number of rotatable bonds is 5. The highest BCUT2D eigenvalue weighted by Crippen LogP contribution is 2.27. The lowest BCUT2D eigenvalue weighted by Gasteiger charge is -2.33. The van der Waals surface area contributed by atoms with Gasteiger partial charge in [-0.15, -0.1) is 0 Å². The molecule has 3 aromatic rings. The average Bonchev–Trinajstić information content (AvgIpc) is 2.72. The van der Waals surface area contributed by atoms with E-state index >= 15 is 0 Å². The summed E-state index contributed by atoms with van der Waals surface area (Å²) in [7, 11) is 1.70. The van der Waals surface area contributed by atoms with E-state index in [-0.39, 0.29) is 6.10 Å². The third kappa shape index (κ3) is 3.87. The monoisotopic (exact) mass is 348 g/mol. The molecule has 1 saturated heterocycles. The number of nitrogens with zero attached hydrogens (tertiary/aromatic N) is 2. The Bertz CT molecular complexity index is 866. The molecule has 1 fully saturated rings. The molecule has 0 N–H and O–H groups in total. The van der Waals surface area contributed by atoms with E-state index < -0.39 is 0 Å². The van der Waals surface area contributed by atoms with Crippen molar-refractivity contribution in [3.05, 3.63) is 72.1 Å². The highest BCUT2D eigenvalue weighted by atomic mass is 16.5. The van der Waals surface area contributed by atoms with E-state index in [4.69, 9.17) is 9.47 Å². The van der Waals surface area contributed by atoms with Crippen LogP contribution < -0.4 is 4.74 Å². The first-order valence-electron chi connectivity index (χ1n) is 9.13. The van der Waals surface area contributed by atoms with E-state index in [1.54, 1.807) is 7.11 Å². The van der Waals surface area contributed by atoms with Gasteiger partial charge in [-0.1, -0.05) is 24.3 Å². The van der Waals surface area contributed by atoms with E-state index in [0.29, 0.717) is 0 Å². The van der Waals surface area contributed by atoms with Crippen molar-refractivity contribution in [1.29, 1.82) is 0 Å². The van der Waals surface area contributed by atoms with Gasteiger partial charge in [0, 0.05) is 37.9 Å². The standard InChI is InChI=1S/C22H24N2O2/c1-25-21-8-7-17-14-19(6-5-18(17)15-21)22-16-24(12-13-26-22)11-9-20-4-2-3-10-23-20/h2-8,10,14-15,22H,9,11-13,16H2,1H3/t22-/m1/s1. The van der Waals surface area contributed by atoms with E-state index in [1.165, 1.54) is 16.3 Å². The van der Waals surface area contributed by atoms with Gasteiger partial charge >= 0.3 is 0 Å². The Kier molecular flexibility index (Phi) is 5.14. The Morgan fingerprint density at radius 3 is 2.85 bits per heavy atom. The van der Waals surface area contributed by atoms with Crippen molar-refractivity contribution < 1.29 is 9.47 Å². The molecule has 0 amide bonds. The third-order valence-electron chi connectivity index (χ3n) is 5.00. The molecule has 134 valence electrons. The summed E-state index contributed by atoms with van der Waals surface area (Å²) in [6, 6.07) is 18.9. The topological polar surface area (TPSA) is 34.6 Å². The number of ether oxygens (including phenoxy) is 2. The second-order valence-corrected chi connectivity index (χ2v) is 6.70. The minimum Gasteiger partial charge on any atom is -0.497 e. The van der Waals surface area contributed by atoms with Gasteiger partial charge < -0.3 is 9.47 Å². The highest BCUT2D eigenvalue weighted by molar-refractivity contribution is 5.84. The molecular weight excluding hydrogens is 324 g/mol. The molecule has 4 rings (SSSR count). The maximum absolute atomic E-state index is 6.06. The molecule has 4 nitrogen and oxygen atoms in total. The quantitative estimate of drug-likeness (QED) is 0.701. The zero-order valence-corrected chi connectivity index (χ0v) is 15.1. The Morgan fingerprint density at radius 2 is 2.00 bits per heavy atom. The summed E-state index contributed by atoms with van der Waals surface area (Å²) in [5.41, 5.74) is 2.39. The van der Waals surface area contributed by atoms with Crippen molar-refractivity contribution >= 4 is 10.8 Å². The van der Waals surface area contributed by atoms with Crippen LogP contribution in [0.1, 0.15) is 17.4 Å². The molecule has 2 heterocycles. The Balaban J connectivity index is 1.44. The molecule has 0 radical (unpaired) electrons. The number of benzene rings is 2. The third-order valence-corrected chi connectivity index (χ3v) is 5.00. The van der Waals surface area contributed by atoms with Crippen LogP contribution in [-0.4, -0.2) is 43.2 Å². The van der Waals surface area contributed by atoms with Crippen LogP contribution in [0.4, 0.5) is 0 Å². The second kappa shape index (κ2) is 7.85. The van der Waals surface area contributed by atoms with Crippen LogP contribution in [0.15, 0.2) is 60.8 Å². The van der Waals surface area contributed by atoms with E-state index in [0.717, 1.165) is 44.1 Å². The first-order valence-corrected chi connectivity index (χ1v) is 9.13. The summed E-state index contributed by atoms with van der Waals surface area (Å²) < 4.78 is 11.4. The molecule has 2 aromatic carbocycles. The zero-order valence-electron chi connectivity index (χ0n) is 15.1. The van der Waals surface area contributed by atoms with Crippen LogP contribution in [0.3, 0.4) is 0 Å². The van der Waals surface area contributed by atoms with Gasteiger partial charge in [-0.25, -0.2) is 0 Å². The molecule has 1 atom stereocenters. The fourth-order valence-electron chi connectivity index (χ4n) is 3.50. The summed E-state index contributed by atoms with van der Waals surface area (Å²) in [6.07, 6.45) is 2.96. The van der Waals surface area contributed by atoms with Crippen LogP contribution in [0.2, 0.25) is 0 Å².